The van der Waals surface area contributed by atoms with Gasteiger partial charge in [-0.3, -0.25) is 20.1 Å². The molecule has 1 aliphatic heterocycles. The summed E-state index contributed by atoms with van der Waals surface area (Å²) in [5.74, 6) is -0.381. The fraction of sp³-hybridized carbons (Fsp3) is 0.214. The molecule has 0 amide bonds. The van der Waals surface area contributed by atoms with E-state index >= 15 is 0 Å². The van der Waals surface area contributed by atoms with E-state index in [1.54, 1.807) is 12.4 Å². The lowest BCUT2D eigenvalue weighted by atomic mass is 10.1. The summed E-state index contributed by atoms with van der Waals surface area (Å²) in [4.78, 5) is 19.3. The predicted octanol–water partition coefficient (Wildman–Crippen LogP) is 1.47. The van der Waals surface area contributed by atoms with Crippen molar-refractivity contribution in [3.63, 3.8) is 0 Å². The molecule has 0 bridgehead atoms. The minimum Gasteiger partial charge on any atom is -0.480 e. The second-order valence-electron chi connectivity index (χ2n) is 4.46. The Hall–Kier alpha value is -1.92. The number of carboxylic acids is 1. The van der Waals surface area contributed by atoms with Gasteiger partial charge in [0, 0.05) is 18.1 Å². The number of aromatic nitrogens is 2. The highest BCUT2D eigenvalue weighted by atomic mass is 32.2. The number of aliphatic carboxylic acids is 1. The highest BCUT2D eigenvalue weighted by molar-refractivity contribution is 8.00. The lowest BCUT2D eigenvalue weighted by molar-refractivity contribution is -0.138. The van der Waals surface area contributed by atoms with Gasteiger partial charge in [0.2, 0.25) is 0 Å². The number of thioether (sulfide) groups is 1. The molecule has 1 aliphatic rings. The molecule has 0 aromatic carbocycles. The molecule has 1 atom stereocenters. The molecule has 0 saturated carbocycles. The third-order valence-corrected chi connectivity index (χ3v) is 4.66. The van der Waals surface area contributed by atoms with E-state index in [1.165, 1.54) is 11.8 Å². The number of carbonyl (C=O) groups is 1. The van der Waals surface area contributed by atoms with Crippen LogP contribution in [0.25, 0.3) is 0 Å². The lowest BCUT2D eigenvalue weighted by Gasteiger charge is -2.27. The average Bonchev–Trinajstić information content (AvgIpc) is 2.96. The SMILES string of the molecule is O=C(O)C1CSC(c2ccccn2)(c2ccccn2)N1. The summed E-state index contributed by atoms with van der Waals surface area (Å²) in [6, 6.07) is 10.6. The van der Waals surface area contributed by atoms with Gasteiger partial charge in [-0.25, -0.2) is 0 Å². The minimum absolute atomic E-state index is 0.475. The topological polar surface area (TPSA) is 75.1 Å². The van der Waals surface area contributed by atoms with E-state index in [9.17, 15) is 9.90 Å². The first-order chi connectivity index (χ1) is 9.72. The molecule has 0 radical (unpaired) electrons. The van der Waals surface area contributed by atoms with E-state index in [4.69, 9.17) is 0 Å². The van der Waals surface area contributed by atoms with Crippen molar-refractivity contribution in [2.75, 3.05) is 5.75 Å². The quantitative estimate of drug-likeness (QED) is 0.890. The summed E-state index contributed by atoms with van der Waals surface area (Å²) >= 11 is 1.52. The normalized spacial score (nSPS) is 20.7. The molecule has 5 nitrogen and oxygen atoms in total. The first-order valence-corrected chi connectivity index (χ1v) is 7.18. The van der Waals surface area contributed by atoms with E-state index < -0.39 is 16.9 Å². The van der Waals surface area contributed by atoms with Crippen LogP contribution in [0.4, 0.5) is 0 Å². The van der Waals surface area contributed by atoms with Gasteiger partial charge in [-0.15, -0.1) is 11.8 Å². The van der Waals surface area contributed by atoms with Crippen molar-refractivity contribution < 1.29 is 9.90 Å². The Morgan fingerprint density at radius 2 is 1.80 bits per heavy atom. The Morgan fingerprint density at radius 1 is 1.20 bits per heavy atom. The number of nitrogens with one attached hydrogen (secondary N) is 1. The van der Waals surface area contributed by atoms with Crippen molar-refractivity contribution in [2.45, 2.75) is 10.9 Å². The Bertz CT molecular complexity index is 567. The van der Waals surface area contributed by atoms with Crippen LogP contribution in [0, 0.1) is 0 Å². The first-order valence-electron chi connectivity index (χ1n) is 6.20. The molecule has 2 aromatic rings. The minimum atomic E-state index is -0.855. The van der Waals surface area contributed by atoms with E-state index in [-0.39, 0.29) is 0 Å². The van der Waals surface area contributed by atoms with E-state index in [0.29, 0.717) is 5.75 Å². The van der Waals surface area contributed by atoms with Crippen LogP contribution in [0.3, 0.4) is 0 Å². The molecular formula is C14H13N3O2S. The van der Waals surface area contributed by atoms with E-state index in [0.717, 1.165) is 11.4 Å². The van der Waals surface area contributed by atoms with Crippen molar-refractivity contribution in [1.29, 1.82) is 0 Å². The van der Waals surface area contributed by atoms with Crippen LogP contribution in [0.15, 0.2) is 48.8 Å². The molecule has 0 spiro atoms. The van der Waals surface area contributed by atoms with Gasteiger partial charge < -0.3 is 5.11 Å². The van der Waals surface area contributed by atoms with Crippen LogP contribution in [0.5, 0.6) is 0 Å². The molecule has 1 unspecified atom stereocenters. The highest BCUT2D eigenvalue weighted by Gasteiger charge is 2.46. The highest BCUT2D eigenvalue weighted by Crippen LogP contribution is 2.43. The smallest absolute Gasteiger partial charge is 0.321 e. The molecule has 1 saturated heterocycles. The van der Waals surface area contributed by atoms with Crippen LogP contribution in [0.1, 0.15) is 11.4 Å². The van der Waals surface area contributed by atoms with Gasteiger partial charge >= 0.3 is 5.97 Å². The monoisotopic (exact) mass is 287 g/mol. The van der Waals surface area contributed by atoms with Crippen LogP contribution in [-0.4, -0.2) is 32.8 Å². The Morgan fingerprint density at radius 3 is 2.20 bits per heavy atom. The van der Waals surface area contributed by atoms with E-state index in [2.05, 4.69) is 15.3 Å². The van der Waals surface area contributed by atoms with Crippen LogP contribution in [-0.2, 0) is 9.67 Å². The number of pyridine rings is 2. The second-order valence-corrected chi connectivity index (χ2v) is 5.69. The maximum atomic E-state index is 11.2. The molecule has 3 heterocycles. The zero-order chi connectivity index (χ0) is 14.0. The summed E-state index contributed by atoms with van der Waals surface area (Å²) in [6.45, 7) is 0. The molecule has 3 rings (SSSR count). The summed E-state index contributed by atoms with van der Waals surface area (Å²) in [7, 11) is 0. The Balaban J connectivity index is 2.08. The first kappa shape index (κ1) is 13.1. The van der Waals surface area contributed by atoms with Crippen molar-refractivity contribution in [3.05, 3.63) is 60.2 Å². The maximum absolute atomic E-state index is 11.2. The van der Waals surface area contributed by atoms with Gasteiger partial charge in [-0.2, -0.15) is 0 Å². The number of rotatable bonds is 3. The molecule has 2 aromatic heterocycles. The van der Waals surface area contributed by atoms with Crippen molar-refractivity contribution in [2.24, 2.45) is 0 Å². The summed E-state index contributed by atoms with van der Waals surface area (Å²) in [6.07, 6.45) is 3.41. The molecule has 102 valence electrons. The van der Waals surface area contributed by atoms with Gasteiger partial charge in [0.1, 0.15) is 6.04 Å². The van der Waals surface area contributed by atoms with Gasteiger partial charge in [0.25, 0.3) is 0 Å². The summed E-state index contributed by atoms with van der Waals surface area (Å²) in [5.41, 5.74) is 1.54. The second kappa shape index (κ2) is 5.22. The van der Waals surface area contributed by atoms with E-state index in [1.807, 2.05) is 36.4 Å². The van der Waals surface area contributed by atoms with Gasteiger partial charge in [0.05, 0.1) is 11.4 Å². The maximum Gasteiger partial charge on any atom is 0.321 e. The number of hydrogen-bond donors (Lipinski definition) is 2. The zero-order valence-electron chi connectivity index (χ0n) is 10.6. The van der Waals surface area contributed by atoms with Gasteiger partial charge in [-0.05, 0) is 24.3 Å². The third kappa shape index (κ3) is 2.17. The average molecular weight is 287 g/mol. The lowest BCUT2D eigenvalue weighted by Crippen LogP contribution is -2.44. The van der Waals surface area contributed by atoms with Crippen molar-refractivity contribution >= 4 is 17.7 Å². The number of hydrogen-bond acceptors (Lipinski definition) is 5. The molecule has 1 fully saturated rings. The molecule has 0 aliphatic carbocycles. The zero-order valence-corrected chi connectivity index (χ0v) is 11.4. The van der Waals surface area contributed by atoms with Crippen molar-refractivity contribution in [1.82, 2.24) is 15.3 Å². The number of carboxylic acid groups (broad SMARTS) is 1. The predicted molar refractivity (Wildman–Crippen MR) is 76.3 cm³/mol. The molecule has 6 heteroatoms. The Labute approximate surface area is 120 Å². The fourth-order valence-corrected chi connectivity index (χ4v) is 3.64. The van der Waals surface area contributed by atoms with Crippen LogP contribution in [0.2, 0.25) is 0 Å². The molecule has 20 heavy (non-hydrogen) atoms. The summed E-state index contributed by atoms with van der Waals surface area (Å²) < 4.78 is 0. The van der Waals surface area contributed by atoms with Crippen LogP contribution < -0.4 is 5.32 Å². The van der Waals surface area contributed by atoms with Crippen molar-refractivity contribution in [3.8, 4) is 0 Å². The Kier molecular flexibility index (Phi) is 3.42. The fourth-order valence-electron chi connectivity index (χ4n) is 2.24. The third-order valence-electron chi connectivity index (χ3n) is 3.19. The number of nitrogens with zero attached hydrogens (tertiary/aromatic N) is 2. The standard InChI is InChI=1S/C14H13N3O2S/c18-13(19)10-9-20-14(17-10,11-5-1-3-7-15-11)12-6-2-4-8-16-12/h1-8,10,17H,9H2,(H,18,19). The van der Waals surface area contributed by atoms with Crippen LogP contribution >= 0.6 is 11.8 Å². The largest absolute Gasteiger partial charge is 0.480 e. The van der Waals surface area contributed by atoms with Gasteiger partial charge in [0.15, 0.2) is 4.87 Å². The molecular weight excluding hydrogens is 274 g/mol. The van der Waals surface area contributed by atoms with Gasteiger partial charge in [-0.1, -0.05) is 12.1 Å². The molecule has 2 N–H and O–H groups in total. The summed E-state index contributed by atoms with van der Waals surface area (Å²) in [5, 5.41) is 12.4.